The molecule has 1 aliphatic heterocycles. The Balaban J connectivity index is 0.00000220. The van der Waals surface area contributed by atoms with Crippen LogP contribution in [0.2, 0.25) is 0 Å². The van der Waals surface area contributed by atoms with Crippen molar-refractivity contribution in [2.24, 2.45) is 11.1 Å². The van der Waals surface area contributed by atoms with Crippen molar-refractivity contribution in [2.45, 2.75) is 52.5 Å². The summed E-state index contributed by atoms with van der Waals surface area (Å²) in [6.07, 6.45) is 3.54. The van der Waals surface area contributed by atoms with E-state index in [4.69, 9.17) is 5.73 Å². The summed E-state index contributed by atoms with van der Waals surface area (Å²) in [5, 5.41) is 0. The Morgan fingerprint density at radius 3 is 2.76 bits per heavy atom. The van der Waals surface area contributed by atoms with Crippen LogP contribution in [-0.4, -0.2) is 29.9 Å². The summed E-state index contributed by atoms with van der Waals surface area (Å²) in [4.78, 5) is 17.0. The minimum absolute atomic E-state index is 0. The summed E-state index contributed by atoms with van der Waals surface area (Å²) in [7, 11) is 0. The van der Waals surface area contributed by atoms with Crippen LogP contribution in [0.1, 0.15) is 42.9 Å². The molecule has 5 heteroatoms. The number of carbonyl (C=O) groups excluding carboxylic acids is 1. The molecule has 1 unspecified atom stereocenters. The molecule has 0 aliphatic carbocycles. The van der Waals surface area contributed by atoms with Gasteiger partial charge in [0, 0.05) is 35.3 Å². The van der Waals surface area contributed by atoms with Crippen LogP contribution in [0.3, 0.4) is 0 Å². The topological polar surface area (TPSA) is 46.3 Å². The second-order valence-electron chi connectivity index (χ2n) is 6.56. The number of thiophene rings is 1. The average molecular weight is 331 g/mol. The van der Waals surface area contributed by atoms with E-state index in [1.54, 1.807) is 0 Å². The lowest BCUT2D eigenvalue weighted by Gasteiger charge is -2.42. The molecule has 0 radical (unpaired) electrons. The summed E-state index contributed by atoms with van der Waals surface area (Å²) in [5.74, 6) is 0.290. The maximum atomic E-state index is 12.3. The van der Waals surface area contributed by atoms with Gasteiger partial charge in [-0.1, -0.05) is 13.8 Å². The number of hydrogen-bond donors (Lipinski definition) is 1. The number of piperidine rings is 1. The predicted molar refractivity (Wildman–Crippen MR) is 92.2 cm³/mol. The molecule has 0 aromatic carbocycles. The number of likely N-dealkylation sites (tertiary alicyclic amines) is 1. The lowest BCUT2D eigenvalue weighted by atomic mass is 9.79. The van der Waals surface area contributed by atoms with Crippen LogP contribution in [0.4, 0.5) is 0 Å². The maximum absolute atomic E-state index is 12.3. The number of carbonyl (C=O) groups is 1. The molecule has 1 aliphatic rings. The second kappa shape index (κ2) is 7.61. The molecule has 0 spiro atoms. The molecule has 3 nitrogen and oxygen atoms in total. The maximum Gasteiger partial charge on any atom is 0.222 e. The van der Waals surface area contributed by atoms with Gasteiger partial charge >= 0.3 is 0 Å². The molecule has 2 N–H and O–H groups in total. The van der Waals surface area contributed by atoms with E-state index in [0.29, 0.717) is 12.3 Å². The highest BCUT2D eigenvalue weighted by molar-refractivity contribution is 7.11. The number of nitrogens with zero attached hydrogens (tertiary/aromatic N) is 1. The molecule has 120 valence electrons. The highest BCUT2D eigenvalue weighted by Crippen LogP contribution is 2.28. The Labute approximate surface area is 138 Å². The molecule has 2 heterocycles. The van der Waals surface area contributed by atoms with Crippen LogP contribution >= 0.6 is 23.7 Å². The van der Waals surface area contributed by atoms with Gasteiger partial charge in [-0.05, 0) is 43.7 Å². The molecular weight excluding hydrogens is 304 g/mol. The fraction of sp³-hybridized carbons (Fsp3) is 0.688. The summed E-state index contributed by atoms with van der Waals surface area (Å²) in [5.41, 5.74) is 6.16. The molecule has 1 amide bonds. The monoisotopic (exact) mass is 330 g/mol. The predicted octanol–water partition coefficient (Wildman–Crippen LogP) is 3.39. The van der Waals surface area contributed by atoms with Gasteiger partial charge in [-0.2, -0.15) is 0 Å². The first-order valence-electron chi connectivity index (χ1n) is 7.47. The summed E-state index contributed by atoms with van der Waals surface area (Å²) >= 11 is 1.83. The van der Waals surface area contributed by atoms with Gasteiger partial charge in [0.25, 0.3) is 0 Å². The first-order valence-corrected chi connectivity index (χ1v) is 8.29. The van der Waals surface area contributed by atoms with Gasteiger partial charge in [-0.3, -0.25) is 4.79 Å². The van der Waals surface area contributed by atoms with Crippen molar-refractivity contribution in [3.63, 3.8) is 0 Å². The Morgan fingerprint density at radius 2 is 2.19 bits per heavy atom. The third kappa shape index (κ3) is 4.97. The zero-order chi connectivity index (χ0) is 14.8. The van der Waals surface area contributed by atoms with Crippen molar-refractivity contribution in [3.8, 4) is 0 Å². The number of hydrogen-bond acceptors (Lipinski definition) is 3. The van der Waals surface area contributed by atoms with E-state index in [-0.39, 0.29) is 23.9 Å². The van der Waals surface area contributed by atoms with E-state index in [1.807, 2.05) is 16.2 Å². The van der Waals surface area contributed by atoms with Crippen molar-refractivity contribution < 1.29 is 4.79 Å². The molecule has 1 saturated heterocycles. The van der Waals surface area contributed by atoms with E-state index >= 15 is 0 Å². The van der Waals surface area contributed by atoms with Gasteiger partial charge in [-0.25, -0.2) is 0 Å². The van der Waals surface area contributed by atoms with Gasteiger partial charge in [0.05, 0.1) is 0 Å². The smallest absolute Gasteiger partial charge is 0.222 e. The van der Waals surface area contributed by atoms with Crippen molar-refractivity contribution in [3.05, 3.63) is 21.9 Å². The van der Waals surface area contributed by atoms with E-state index in [2.05, 4.69) is 32.9 Å². The Kier molecular flexibility index (Phi) is 6.70. The Bertz CT molecular complexity index is 473. The fourth-order valence-corrected chi connectivity index (χ4v) is 3.71. The lowest BCUT2D eigenvalue weighted by molar-refractivity contribution is -0.134. The van der Waals surface area contributed by atoms with Crippen LogP contribution in [0.15, 0.2) is 12.1 Å². The van der Waals surface area contributed by atoms with Crippen LogP contribution in [0.5, 0.6) is 0 Å². The molecule has 1 aromatic heterocycles. The minimum Gasteiger partial charge on any atom is -0.342 e. The minimum atomic E-state index is 0. The molecule has 1 aromatic rings. The van der Waals surface area contributed by atoms with Gasteiger partial charge in [0.1, 0.15) is 0 Å². The highest BCUT2D eigenvalue weighted by Gasteiger charge is 2.34. The van der Waals surface area contributed by atoms with Gasteiger partial charge in [0.15, 0.2) is 0 Å². The Morgan fingerprint density at radius 1 is 1.48 bits per heavy atom. The quantitative estimate of drug-likeness (QED) is 0.919. The van der Waals surface area contributed by atoms with Crippen molar-refractivity contribution >= 4 is 29.7 Å². The number of halogens is 1. The third-order valence-corrected chi connectivity index (χ3v) is 5.34. The summed E-state index contributed by atoms with van der Waals surface area (Å²) in [6, 6.07) is 4.53. The summed E-state index contributed by atoms with van der Waals surface area (Å²) in [6.45, 7) is 8.06. The first kappa shape index (κ1) is 18.5. The van der Waals surface area contributed by atoms with E-state index in [1.165, 1.54) is 9.75 Å². The molecule has 1 atom stereocenters. The standard InChI is InChI=1S/C16H26N2OS.ClH/c1-12-7-8-13(20-12)5-4-6-15(19)18-10-9-14(17)16(2,3)11-18;/h7-8,14H,4-6,9-11,17H2,1-3H3;1H. The number of amides is 1. The van der Waals surface area contributed by atoms with Crippen LogP contribution < -0.4 is 5.73 Å². The fourth-order valence-electron chi connectivity index (χ4n) is 2.78. The molecule has 1 fully saturated rings. The SMILES string of the molecule is Cc1ccc(CCCC(=O)N2CCC(N)C(C)(C)C2)s1.Cl. The zero-order valence-electron chi connectivity index (χ0n) is 13.2. The van der Waals surface area contributed by atoms with E-state index in [9.17, 15) is 4.79 Å². The molecule has 2 rings (SSSR count). The van der Waals surface area contributed by atoms with Gasteiger partial charge in [0.2, 0.25) is 5.91 Å². The Hall–Kier alpha value is -0.580. The van der Waals surface area contributed by atoms with Crippen LogP contribution in [0.25, 0.3) is 0 Å². The zero-order valence-corrected chi connectivity index (χ0v) is 14.9. The van der Waals surface area contributed by atoms with Gasteiger partial charge in [-0.15, -0.1) is 23.7 Å². The lowest BCUT2D eigenvalue weighted by Crippen LogP contribution is -2.53. The van der Waals surface area contributed by atoms with Crippen molar-refractivity contribution in [1.82, 2.24) is 4.90 Å². The second-order valence-corrected chi connectivity index (χ2v) is 7.94. The number of rotatable bonds is 4. The average Bonchev–Trinajstić information content (AvgIpc) is 2.78. The van der Waals surface area contributed by atoms with Crippen LogP contribution in [-0.2, 0) is 11.2 Å². The molecular formula is C16H27ClN2OS. The van der Waals surface area contributed by atoms with E-state index < -0.39 is 0 Å². The van der Waals surface area contributed by atoms with Gasteiger partial charge < -0.3 is 10.6 Å². The highest BCUT2D eigenvalue weighted by atomic mass is 35.5. The molecule has 0 saturated carbocycles. The normalized spacial score (nSPS) is 21.0. The molecule has 21 heavy (non-hydrogen) atoms. The molecule has 0 bridgehead atoms. The third-order valence-electron chi connectivity index (χ3n) is 4.27. The van der Waals surface area contributed by atoms with Crippen molar-refractivity contribution in [2.75, 3.05) is 13.1 Å². The number of aryl methyl sites for hydroxylation is 2. The van der Waals surface area contributed by atoms with Crippen molar-refractivity contribution in [1.29, 1.82) is 0 Å². The number of nitrogens with two attached hydrogens (primary N) is 1. The summed E-state index contributed by atoms with van der Waals surface area (Å²) < 4.78 is 0. The first-order chi connectivity index (χ1) is 9.38. The van der Waals surface area contributed by atoms with Crippen LogP contribution in [0, 0.1) is 12.3 Å². The largest absolute Gasteiger partial charge is 0.342 e. The van der Waals surface area contributed by atoms with E-state index in [0.717, 1.165) is 32.4 Å².